The fourth-order valence-corrected chi connectivity index (χ4v) is 4.23. The van der Waals surface area contributed by atoms with Crippen LogP contribution in [0.3, 0.4) is 0 Å². The summed E-state index contributed by atoms with van der Waals surface area (Å²) < 4.78 is 5.92. The molecule has 1 aromatic rings. The Morgan fingerprint density at radius 2 is 1.91 bits per heavy atom. The van der Waals surface area contributed by atoms with Crippen LogP contribution in [0.4, 0.5) is 0 Å². The van der Waals surface area contributed by atoms with Crippen LogP contribution in [-0.2, 0) is 16.1 Å². The second-order valence-corrected chi connectivity index (χ2v) is 7.42. The van der Waals surface area contributed by atoms with Crippen molar-refractivity contribution in [1.29, 1.82) is 0 Å². The monoisotopic (exact) mass is 317 g/mol. The number of ether oxygens (including phenoxy) is 1. The van der Waals surface area contributed by atoms with Crippen LogP contribution in [0.15, 0.2) is 12.1 Å². The maximum atomic E-state index is 11.0. The maximum absolute atomic E-state index is 11.0. The van der Waals surface area contributed by atoms with E-state index in [1.54, 1.807) is 0 Å². The lowest BCUT2D eigenvalue weighted by molar-refractivity contribution is -0.181. The number of aryl methyl sites for hydroxylation is 3. The molecule has 2 fully saturated rings. The topological polar surface area (TPSA) is 58.6 Å². The highest BCUT2D eigenvalue weighted by Crippen LogP contribution is 2.46. The third-order valence-electron chi connectivity index (χ3n) is 5.49. The molecule has 4 heteroatoms. The van der Waals surface area contributed by atoms with Gasteiger partial charge in [0.15, 0.2) is 0 Å². The average Bonchev–Trinajstić information content (AvgIpc) is 2.43. The van der Waals surface area contributed by atoms with Gasteiger partial charge in [0.25, 0.3) is 0 Å². The standard InChI is InChI=1S/C19H27NO3/c1-12-6-13(2)17(14(3)7-12)11-20-16-4-5-23-19(10-16)8-15(9-19)18(21)22/h6-7,15-16,20H,4-5,8-11H2,1-3H3,(H,21,22). The molecule has 1 aromatic carbocycles. The molecule has 1 unspecified atom stereocenters. The molecule has 2 N–H and O–H groups in total. The third kappa shape index (κ3) is 3.43. The van der Waals surface area contributed by atoms with Gasteiger partial charge in [0.2, 0.25) is 0 Å². The third-order valence-corrected chi connectivity index (χ3v) is 5.49. The van der Waals surface area contributed by atoms with Crippen LogP contribution in [0, 0.1) is 26.7 Å². The molecule has 1 saturated carbocycles. The molecule has 23 heavy (non-hydrogen) atoms. The summed E-state index contributed by atoms with van der Waals surface area (Å²) in [5.74, 6) is -0.893. The van der Waals surface area contributed by atoms with Crippen molar-refractivity contribution < 1.29 is 14.6 Å². The maximum Gasteiger partial charge on any atom is 0.306 e. The lowest BCUT2D eigenvalue weighted by atomic mass is 9.66. The average molecular weight is 317 g/mol. The number of hydrogen-bond acceptors (Lipinski definition) is 3. The van der Waals surface area contributed by atoms with Gasteiger partial charge in [0.1, 0.15) is 0 Å². The molecule has 1 heterocycles. The smallest absolute Gasteiger partial charge is 0.306 e. The normalized spacial score (nSPS) is 30.2. The summed E-state index contributed by atoms with van der Waals surface area (Å²) in [6.45, 7) is 8.09. The van der Waals surface area contributed by atoms with E-state index in [1.807, 2.05) is 0 Å². The highest BCUT2D eigenvalue weighted by Gasteiger charge is 2.51. The van der Waals surface area contributed by atoms with Crippen LogP contribution in [0.2, 0.25) is 0 Å². The SMILES string of the molecule is Cc1cc(C)c(CNC2CCOC3(C2)CC(C(=O)O)C3)c(C)c1. The Bertz CT molecular complexity index is 582. The molecule has 1 aliphatic heterocycles. The Hall–Kier alpha value is -1.39. The van der Waals surface area contributed by atoms with E-state index < -0.39 is 5.97 Å². The number of carboxylic acid groups (broad SMARTS) is 1. The molecule has 0 radical (unpaired) electrons. The van der Waals surface area contributed by atoms with Gasteiger partial charge in [-0.1, -0.05) is 17.7 Å². The molecule has 3 rings (SSSR count). The first-order valence-electron chi connectivity index (χ1n) is 8.55. The van der Waals surface area contributed by atoms with Gasteiger partial charge in [-0.25, -0.2) is 0 Å². The number of hydrogen-bond donors (Lipinski definition) is 2. The largest absolute Gasteiger partial charge is 0.481 e. The van der Waals surface area contributed by atoms with E-state index in [9.17, 15) is 4.79 Å². The van der Waals surface area contributed by atoms with Gasteiger partial charge in [-0.2, -0.15) is 0 Å². The number of carbonyl (C=O) groups is 1. The number of benzene rings is 1. The summed E-state index contributed by atoms with van der Waals surface area (Å²) >= 11 is 0. The van der Waals surface area contributed by atoms with Crippen molar-refractivity contribution in [2.45, 2.75) is 64.6 Å². The summed E-state index contributed by atoms with van der Waals surface area (Å²) in [5, 5.41) is 12.8. The van der Waals surface area contributed by atoms with Crippen LogP contribution in [0.5, 0.6) is 0 Å². The second kappa shape index (κ2) is 6.25. The predicted octanol–water partition coefficient (Wildman–Crippen LogP) is 3.11. The number of nitrogens with one attached hydrogen (secondary N) is 1. The van der Waals surface area contributed by atoms with Crippen LogP contribution in [-0.4, -0.2) is 29.3 Å². The van der Waals surface area contributed by atoms with Crippen molar-refractivity contribution in [1.82, 2.24) is 5.32 Å². The second-order valence-electron chi connectivity index (χ2n) is 7.42. The van der Waals surface area contributed by atoms with Crippen molar-refractivity contribution in [3.63, 3.8) is 0 Å². The molecular weight excluding hydrogens is 290 g/mol. The van der Waals surface area contributed by atoms with Gasteiger partial charge in [-0.05, 0) is 63.1 Å². The summed E-state index contributed by atoms with van der Waals surface area (Å²) in [6.07, 6.45) is 3.27. The Morgan fingerprint density at radius 3 is 2.52 bits per heavy atom. The zero-order chi connectivity index (χ0) is 16.6. The molecule has 0 amide bonds. The van der Waals surface area contributed by atoms with Crippen molar-refractivity contribution in [2.24, 2.45) is 5.92 Å². The molecule has 1 saturated heterocycles. The van der Waals surface area contributed by atoms with E-state index in [4.69, 9.17) is 9.84 Å². The number of rotatable bonds is 4. The van der Waals surface area contributed by atoms with Crippen LogP contribution in [0.25, 0.3) is 0 Å². The first-order chi connectivity index (χ1) is 10.9. The van der Waals surface area contributed by atoms with Crippen molar-refractivity contribution in [2.75, 3.05) is 6.61 Å². The van der Waals surface area contributed by atoms with Crippen molar-refractivity contribution in [3.05, 3.63) is 34.4 Å². The minimum Gasteiger partial charge on any atom is -0.481 e. The fourth-order valence-electron chi connectivity index (χ4n) is 4.23. The highest BCUT2D eigenvalue weighted by molar-refractivity contribution is 5.71. The molecule has 2 aliphatic rings. The molecule has 1 aliphatic carbocycles. The summed E-state index contributed by atoms with van der Waals surface area (Å²) in [7, 11) is 0. The van der Waals surface area contributed by atoms with E-state index in [2.05, 4.69) is 38.2 Å². The van der Waals surface area contributed by atoms with Gasteiger partial charge in [0, 0.05) is 19.2 Å². The molecule has 0 bridgehead atoms. The van der Waals surface area contributed by atoms with Gasteiger partial charge < -0.3 is 15.2 Å². The quantitative estimate of drug-likeness (QED) is 0.896. The minimum atomic E-state index is -0.680. The highest BCUT2D eigenvalue weighted by atomic mass is 16.5. The molecule has 4 nitrogen and oxygen atoms in total. The van der Waals surface area contributed by atoms with Gasteiger partial charge in [0.05, 0.1) is 11.5 Å². The van der Waals surface area contributed by atoms with Gasteiger partial charge >= 0.3 is 5.97 Å². The Labute approximate surface area is 138 Å². The Morgan fingerprint density at radius 1 is 1.26 bits per heavy atom. The van der Waals surface area contributed by atoms with E-state index in [0.717, 1.165) is 26.0 Å². The van der Waals surface area contributed by atoms with E-state index in [1.165, 1.54) is 22.3 Å². The van der Waals surface area contributed by atoms with Crippen molar-refractivity contribution >= 4 is 5.97 Å². The van der Waals surface area contributed by atoms with E-state index in [0.29, 0.717) is 18.9 Å². The first-order valence-corrected chi connectivity index (χ1v) is 8.55. The van der Waals surface area contributed by atoms with E-state index >= 15 is 0 Å². The number of carboxylic acids is 1. The molecule has 0 aromatic heterocycles. The number of aliphatic carboxylic acids is 1. The minimum absolute atomic E-state index is 0.184. The molecule has 126 valence electrons. The molecule has 1 spiro atoms. The summed E-state index contributed by atoms with van der Waals surface area (Å²) in [6, 6.07) is 4.89. The lowest BCUT2D eigenvalue weighted by Crippen LogP contribution is -2.55. The van der Waals surface area contributed by atoms with Crippen LogP contribution < -0.4 is 5.32 Å². The zero-order valence-corrected chi connectivity index (χ0v) is 14.3. The predicted molar refractivity (Wildman–Crippen MR) is 89.6 cm³/mol. The summed E-state index contributed by atoms with van der Waals surface area (Å²) in [4.78, 5) is 11.0. The summed E-state index contributed by atoms with van der Waals surface area (Å²) in [5.41, 5.74) is 5.19. The zero-order valence-electron chi connectivity index (χ0n) is 14.3. The van der Waals surface area contributed by atoms with Gasteiger partial charge in [-0.3, -0.25) is 4.79 Å². The van der Waals surface area contributed by atoms with Crippen LogP contribution in [0.1, 0.15) is 47.9 Å². The Balaban J connectivity index is 1.58. The fraction of sp³-hybridized carbons (Fsp3) is 0.632. The molecule has 1 atom stereocenters. The van der Waals surface area contributed by atoms with Gasteiger partial charge in [-0.15, -0.1) is 0 Å². The Kier molecular flexibility index (Phi) is 4.47. The lowest BCUT2D eigenvalue weighted by Gasteiger charge is -2.50. The first kappa shape index (κ1) is 16.5. The van der Waals surface area contributed by atoms with Crippen LogP contribution >= 0.6 is 0 Å². The molecular formula is C19H27NO3. The van der Waals surface area contributed by atoms with E-state index in [-0.39, 0.29) is 11.5 Å². The van der Waals surface area contributed by atoms with Crippen molar-refractivity contribution in [3.8, 4) is 0 Å².